The maximum Gasteiger partial charge on any atom is 0.163 e. The summed E-state index contributed by atoms with van der Waals surface area (Å²) in [5.41, 5.74) is 3.53. The Labute approximate surface area is 228 Å². The van der Waals surface area contributed by atoms with Gasteiger partial charge in [-0.15, -0.1) is 0 Å². The van der Waals surface area contributed by atoms with E-state index in [0.29, 0.717) is 18.3 Å². The number of piperidine rings is 2. The molecule has 0 radical (unpaired) electrons. The van der Waals surface area contributed by atoms with Crippen molar-refractivity contribution in [2.45, 2.75) is 51.0 Å². The lowest BCUT2D eigenvalue weighted by atomic mass is 9.90. The summed E-state index contributed by atoms with van der Waals surface area (Å²) in [7, 11) is 0. The number of nitrogens with zero attached hydrogens (tertiary/aromatic N) is 2. The maximum absolute atomic E-state index is 13.1. The summed E-state index contributed by atoms with van der Waals surface area (Å²) in [4.78, 5) is 18.1. The molecule has 38 heavy (non-hydrogen) atoms. The Morgan fingerprint density at radius 2 is 1.53 bits per heavy atom. The highest BCUT2D eigenvalue weighted by molar-refractivity contribution is 5.96. The predicted molar refractivity (Wildman–Crippen MR) is 155 cm³/mol. The molecular weight excluding hydrogens is 468 g/mol. The average molecular weight is 511 g/mol. The number of carbonyl (C=O) groups is 1. The summed E-state index contributed by atoms with van der Waals surface area (Å²) in [6.45, 7) is 8.56. The van der Waals surface area contributed by atoms with Crippen molar-refractivity contribution in [2.24, 2.45) is 5.92 Å². The summed E-state index contributed by atoms with van der Waals surface area (Å²) in [6, 6.07) is 29.6. The molecule has 0 aromatic heterocycles. The van der Waals surface area contributed by atoms with Crippen molar-refractivity contribution in [3.63, 3.8) is 0 Å². The third-order valence-electron chi connectivity index (χ3n) is 8.36. The van der Waals surface area contributed by atoms with Crippen LogP contribution in [0.25, 0.3) is 0 Å². The van der Waals surface area contributed by atoms with Gasteiger partial charge in [0.1, 0.15) is 11.9 Å². The molecule has 2 aliphatic heterocycles. The minimum Gasteiger partial charge on any atom is -0.490 e. The van der Waals surface area contributed by atoms with Gasteiger partial charge in [-0.05, 0) is 68.0 Å². The van der Waals surface area contributed by atoms with Crippen molar-refractivity contribution in [3.05, 3.63) is 102 Å². The number of benzene rings is 3. The summed E-state index contributed by atoms with van der Waals surface area (Å²) in [6.07, 6.45) is 5.20. The Bertz CT molecular complexity index is 1100. The van der Waals surface area contributed by atoms with Gasteiger partial charge in [-0.2, -0.15) is 0 Å². The summed E-state index contributed by atoms with van der Waals surface area (Å²) in [5.74, 6) is 1.92. The molecule has 3 aromatic rings. The molecule has 0 saturated carbocycles. The van der Waals surface area contributed by atoms with Crippen molar-refractivity contribution in [2.75, 3.05) is 39.3 Å². The Balaban J connectivity index is 1.14. The lowest BCUT2D eigenvalue weighted by Crippen LogP contribution is -2.40. The number of ketones is 1. The highest BCUT2D eigenvalue weighted by atomic mass is 16.5. The molecule has 0 spiro atoms. The van der Waals surface area contributed by atoms with Gasteiger partial charge < -0.3 is 14.5 Å². The van der Waals surface area contributed by atoms with Gasteiger partial charge >= 0.3 is 0 Å². The zero-order chi connectivity index (χ0) is 26.2. The molecule has 0 bridgehead atoms. The summed E-state index contributed by atoms with van der Waals surface area (Å²) >= 11 is 0. The van der Waals surface area contributed by atoms with Crippen LogP contribution in [-0.2, 0) is 0 Å². The smallest absolute Gasteiger partial charge is 0.163 e. The zero-order valence-corrected chi connectivity index (χ0v) is 22.8. The first-order valence-electron chi connectivity index (χ1n) is 14.5. The molecule has 1 unspecified atom stereocenters. The molecule has 200 valence electrons. The standard InChI is InChI=1S/C34H42N2O2/c1-2-35-20-10-11-27(25-35)23-34(37)30-16-9-17-32(24-30)38-31-18-21-36(22-19-31)26-33(28-12-5-3-6-13-28)29-14-7-4-8-15-29/h3-9,12-17,24,27,31,33H,2,10-11,18-23,25-26H2,1H3. The zero-order valence-electron chi connectivity index (χ0n) is 22.8. The van der Waals surface area contributed by atoms with Crippen LogP contribution in [0, 0.1) is 5.92 Å². The SMILES string of the molecule is CCN1CCCC(CC(=O)c2cccc(OC3CCN(CC(c4ccccc4)c4ccccc4)CC3)c2)C1. The second-order valence-electron chi connectivity index (χ2n) is 11.0. The van der Waals surface area contributed by atoms with Crippen LogP contribution in [0.5, 0.6) is 5.75 Å². The third kappa shape index (κ3) is 7.12. The third-order valence-corrected chi connectivity index (χ3v) is 8.36. The number of carbonyl (C=O) groups excluding carboxylic acids is 1. The molecule has 4 nitrogen and oxygen atoms in total. The normalized spacial score (nSPS) is 19.5. The van der Waals surface area contributed by atoms with E-state index in [2.05, 4.69) is 77.4 Å². The Morgan fingerprint density at radius 1 is 0.842 bits per heavy atom. The van der Waals surface area contributed by atoms with Gasteiger partial charge in [0.25, 0.3) is 0 Å². The lowest BCUT2D eigenvalue weighted by Gasteiger charge is -2.34. The van der Waals surface area contributed by atoms with E-state index in [1.165, 1.54) is 24.1 Å². The van der Waals surface area contributed by atoms with Gasteiger partial charge in [0.15, 0.2) is 5.78 Å². The van der Waals surface area contributed by atoms with E-state index in [1.54, 1.807) is 0 Å². The molecule has 0 N–H and O–H groups in total. The molecule has 2 saturated heterocycles. The second-order valence-corrected chi connectivity index (χ2v) is 11.0. The first-order chi connectivity index (χ1) is 18.7. The first kappa shape index (κ1) is 26.6. The maximum atomic E-state index is 13.1. The predicted octanol–water partition coefficient (Wildman–Crippen LogP) is 6.67. The van der Waals surface area contributed by atoms with Gasteiger partial charge in [0.05, 0.1) is 0 Å². The lowest BCUT2D eigenvalue weighted by molar-refractivity contribution is 0.0913. The number of hydrogen-bond donors (Lipinski definition) is 0. The number of ether oxygens (including phenoxy) is 1. The van der Waals surface area contributed by atoms with Crippen molar-refractivity contribution < 1.29 is 9.53 Å². The second kappa shape index (κ2) is 13.2. The largest absolute Gasteiger partial charge is 0.490 e. The molecule has 2 heterocycles. The van der Waals surface area contributed by atoms with Crippen LogP contribution in [0.1, 0.15) is 66.4 Å². The highest BCUT2D eigenvalue weighted by Crippen LogP contribution is 2.28. The minimum absolute atomic E-state index is 0.194. The minimum atomic E-state index is 0.194. The van der Waals surface area contributed by atoms with Crippen LogP contribution in [0.2, 0.25) is 0 Å². The summed E-state index contributed by atoms with van der Waals surface area (Å²) < 4.78 is 6.41. The Kier molecular flexibility index (Phi) is 9.27. The molecular formula is C34H42N2O2. The average Bonchev–Trinajstić information content (AvgIpc) is 2.98. The van der Waals surface area contributed by atoms with Gasteiger partial charge in [-0.3, -0.25) is 4.79 Å². The number of hydrogen-bond acceptors (Lipinski definition) is 4. The topological polar surface area (TPSA) is 32.8 Å². The fraction of sp³-hybridized carbons (Fsp3) is 0.441. The molecule has 2 fully saturated rings. The van der Waals surface area contributed by atoms with Crippen LogP contribution in [-0.4, -0.2) is 61.0 Å². The number of rotatable bonds is 10. The van der Waals surface area contributed by atoms with E-state index in [1.807, 2.05) is 24.3 Å². The van der Waals surface area contributed by atoms with Crippen molar-refractivity contribution in [3.8, 4) is 5.75 Å². The van der Waals surface area contributed by atoms with Crippen LogP contribution < -0.4 is 4.74 Å². The van der Waals surface area contributed by atoms with Crippen LogP contribution >= 0.6 is 0 Å². The van der Waals surface area contributed by atoms with Crippen molar-refractivity contribution in [1.82, 2.24) is 9.80 Å². The molecule has 2 aliphatic rings. The monoisotopic (exact) mass is 510 g/mol. The van der Waals surface area contributed by atoms with Crippen LogP contribution in [0.4, 0.5) is 0 Å². The fourth-order valence-electron chi connectivity index (χ4n) is 6.16. The van der Waals surface area contributed by atoms with E-state index in [4.69, 9.17) is 4.74 Å². The number of likely N-dealkylation sites (tertiary alicyclic amines) is 2. The van der Waals surface area contributed by atoms with Gasteiger partial charge in [0.2, 0.25) is 0 Å². The van der Waals surface area contributed by atoms with E-state index in [9.17, 15) is 4.79 Å². The summed E-state index contributed by atoms with van der Waals surface area (Å²) in [5, 5.41) is 0. The van der Waals surface area contributed by atoms with Crippen molar-refractivity contribution in [1.29, 1.82) is 0 Å². The molecule has 1 atom stereocenters. The number of Topliss-reactive ketones (excluding diaryl/α,β-unsaturated/α-hetero) is 1. The Morgan fingerprint density at radius 3 is 2.18 bits per heavy atom. The van der Waals surface area contributed by atoms with Crippen LogP contribution in [0.15, 0.2) is 84.9 Å². The molecule has 3 aromatic carbocycles. The molecule has 5 rings (SSSR count). The highest BCUT2D eigenvalue weighted by Gasteiger charge is 2.25. The van der Waals surface area contributed by atoms with Gasteiger partial charge in [0, 0.05) is 44.1 Å². The quantitative estimate of drug-likeness (QED) is 0.285. The fourth-order valence-corrected chi connectivity index (χ4v) is 6.16. The van der Waals surface area contributed by atoms with Gasteiger partial charge in [-0.1, -0.05) is 79.7 Å². The van der Waals surface area contributed by atoms with Gasteiger partial charge in [-0.25, -0.2) is 0 Å². The van der Waals surface area contributed by atoms with Crippen LogP contribution in [0.3, 0.4) is 0 Å². The molecule has 0 aliphatic carbocycles. The van der Waals surface area contributed by atoms with Crippen molar-refractivity contribution >= 4 is 5.78 Å². The van der Waals surface area contributed by atoms with E-state index in [-0.39, 0.29) is 11.9 Å². The first-order valence-corrected chi connectivity index (χ1v) is 14.5. The van der Waals surface area contributed by atoms with E-state index < -0.39 is 0 Å². The Hall–Kier alpha value is -2.95. The van der Waals surface area contributed by atoms with E-state index >= 15 is 0 Å². The molecule has 4 heteroatoms. The van der Waals surface area contributed by atoms with E-state index in [0.717, 1.165) is 63.3 Å². The molecule has 0 amide bonds.